The van der Waals surface area contributed by atoms with Gasteiger partial charge in [0, 0.05) is 31.6 Å². The Morgan fingerprint density at radius 3 is 2.28 bits per heavy atom. The summed E-state index contributed by atoms with van der Waals surface area (Å²) in [6.45, 7) is 0.536. The average molecular weight is 453 g/mol. The SMILES string of the molecule is O=c1[nH]c(-c2ccc(C(F)(F)F)cc2)nc2c1CN(Cc1ccccc1C(F)(F)F)CC2. The summed E-state index contributed by atoms with van der Waals surface area (Å²) in [5.41, 5.74) is -0.695. The van der Waals surface area contributed by atoms with Crippen molar-refractivity contribution in [2.24, 2.45) is 0 Å². The second kappa shape index (κ2) is 8.09. The van der Waals surface area contributed by atoms with E-state index in [0.29, 0.717) is 29.8 Å². The smallest absolute Gasteiger partial charge is 0.306 e. The molecule has 1 aromatic heterocycles. The van der Waals surface area contributed by atoms with Gasteiger partial charge >= 0.3 is 12.4 Å². The molecule has 2 aromatic carbocycles. The van der Waals surface area contributed by atoms with Crippen molar-refractivity contribution in [1.29, 1.82) is 0 Å². The van der Waals surface area contributed by atoms with Gasteiger partial charge in [0.25, 0.3) is 5.56 Å². The van der Waals surface area contributed by atoms with Gasteiger partial charge < -0.3 is 4.98 Å². The van der Waals surface area contributed by atoms with E-state index in [1.165, 1.54) is 30.3 Å². The van der Waals surface area contributed by atoms with Crippen molar-refractivity contribution in [2.75, 3.05) is 6.54 Å². The summed E-state index contributed by atoms with van der Waals surface area (Å²) >= 11 is 0. The highest BCUT2D eigenvalue weighted by molar-refractivity contribution is 5.56. The highest BCUT2D eigenvalue weighted by Gasteiger charge is 2.34. The molecule has 0 saturated heterocycles. The number of aromatic amines is 1. The fourth-order valence-electron chi connectivity index (χ4n) is 3.75. The van der Waals surface area contributed by atoms with Crippen LogP contribution in [0.4, 0.5) is 26.3 Å². The topological polar surface area (TPSA) is 49.0 Å². The number of nitrogens with one attached hydrogen (secondary N) is 1. The summed E-state index contributed by atoms with van der Waals surface area (Å²) in [6, 6.07) is 9.59. The van der Waals surface area contributed by atoms with E-state index in [0.717, 1.165) is 18.2 Å². The van der Waals surface area contributed by atoms with Crippen LogP contribution in [0.2, 0.25) is 0 Å². The van der Waals surface area contributed by atoms with E-state index in [4.69, 9.17) is 0 Å². The van der Waals surface area contributed by atoms with Crippen LogP contribution < -0.4 is 5.56 Å². The quantitative estimate of drug-likeness (QED) is 0.566. The largest absolute Gasteiger partial charge is 0.416 e. The maximum atomic E-state index is 13.3. The van der Waals surface area contributed by atoms with Crippen molar-refractivity contribution in [1.82, 2.24) is 14.9 Å². The second-order valence-corrected chi connectivity index (χ2v) is 7.53. The summed E-state index contributed by atoms with van der Waals surface area (Å²) < 4.78 is 78.0. The number of nitrogens with zero attached hydrogens (tertiary/aromatic N) is 2. The van der Waals surface area contributed by atoms with Crippen LogP contribution >= 0.6 is 0 Å². The number of benzene rings is 2. The van der Waals surface area contributed by atoms with Gasteiger partial charge in [-0.25, -0.2) is 4.98 Å². The van der Waals surface area contributed by atoms with E-state index >= 15 is 0 Å². The van der Waals surface area contributed by atoms with Gasteiger partial charge in [0.05, 0.1) is 22.4 Å². The first-order valence-electron chi connectivity index (χ1n) is 9.69. The van der Waals surface area contributed by atoms with Gasteiger partial charge in [-0.15, -0.1) is 0 Å². The van der Waals surface area contributed by atoms with Crippen molar-refractivity contribution in [2.45, 2.75) is 31.9 Å². The summed E-state index contributed by atoms with van der Waals surface area (Å²) in [5, 5.41) is 0. The number of rotatable bonds is 3. The van der Waals surface area contributed by atoms with Gasteiger partial charge in [-0.2, -0.15) is 26.3 Å². The predicted octanol–water partition coefficient (Wildman–Crippen LogP) is 5.03. The Labute approximate surface area is 178 Å². The highest BCUT2D eigenvalue weighted by atomic mass is 19.4. The maximum Gasteiger partial charge on any atom is 0.416 e. The zero-order chi connectivity index (χ0) is 23.1. The third-order valence-electron chi connectivity index (χ3n) is 5.35. The average Bonchev–Trinajstić information content (AvgIpc) is 2.73. The van der Waals surface area contributed by atoms with Crippen LogP contribution in [0, 0.1) is 0 Å². The first-order chi connectivity index (χ1) is 15.0. The van der Waals surface area contributed by atoms with Gasteiger partial charge in [0.15, 0.2) is 0 Å². The first kappa shape index (κ1) is 22.1. The molecule has 32 heavy (non-hydrogen) atoms. The Balaban J connectivity index is 1.57. The van der Waals surface area contributed by atoms with E-state index in [1.807, 2.05) is 0 Å². The lowest BCUT2D eigenvalue weighted by Gasteiger charge is -2.28. The molecule has 0 atom stereocenters. The molecule has 1 aliphatic rings. The molecule has 4 rings (SSSR count). The molecule has 0 aliphatic carbocycles. The minimum atomic E-state index is -4.47. The molecule has 2 heterocycles. The number of alkyl halides is 6. The summed E-state index contributed by atoms with van der Waals surface area (Å²) in [6.07, 6.45) is -8.61. The van der Waals surface area contributed by atoms with Crippen LogP contribution in [0.15, 0.2) is 53.3 Å². The molecule has 4 nitrogen and oxygen atoms in total. The Kier molecular flexibility index (Phi) is 5.58. The Hall–Kier alpha value is -3.14. The summed E-state index contributed by atoms with van der Waals surface area (Å²) in [7, 11) is 0. The summed E-state index contributed by atoms with van der Waals surface area (Å²) in [5.74, 6) is 0.151. The lowest BCUT2D eigenvalue weighted by atomic mass is 10.0. The van der Waals surface area contributed by atoms with Crippen molar-refractivity contribution in [3.8, 4) is 11.4 Å². The number of H-pyrrole nitrogens is 1. The van der Waals surface area contributed by atoms with Gasteiger partial charge in [0.2, 0.25) is 0 Å². The van der Waals surface area contributed by atoms with Crippen molar-refractivity contribution in [3.05, 3.63) is 86.8 Å². The van der Waals surface area contributed by atoms with Gasteiger partial charge in [-0.1, -0.05) is 30.3 Å². The first-order valence-corrected chi connectivity index (χ1v) is 9.69. The maximum absolute atomic E-state index is 13.3. The monoisotopic (exact) mass is 453 g/mol. The molecule has 1 aliphatic heterocycles. The molecule has 1 N–H and O–H groups in total. The molecular weight excluding hydrogens is 436 g/mol. The molecule has 0 unspecified atom stereocenters. The Bertz CT molecular complexity index is 1180. The molecule has 0 fully saturated rings. The molecular formula is C22H17F6N3O. The van der Waals surface area contributed by atoms with Crippen LogP contribution in [-0.4, -0.2) is 21.4 Å². The fraction of sp³-hybridized carbons (Fsp3) is 0.273. The fourth-order valence-corrected chi connectivity index (χ4v) is 3.75. The van der Waals surface area contributed by atoms with E-state index in [2.05, 4.69) is 9.97 Å². The van der Waals surface area contributed by atoms with Crippen LogP contribution in [-0.2, 0) is 31.9 Å². The van der Waals surface area contributed by atoms with E-state index in [-0.39, 0.29) is 24.5 Å². The van der Waals surface area contributed by atoms with E-state index < -0.39 is 29.0 Å². The second-order valence-electron chi connectivity index (χ2n) is 7.53. The third-order valence-corrected chi connectivity index (χ3v) is 5.35. The molecule has 3 aromatic rings. The normalized spacial score (nSPS) is 14.9. The van der Waals surface area contributed by atoms with Crippen molar-refractivity contribution >= 4 is 0 Å². The minimum Gasteiger partial charge on any atom is -0.306 e. The molecule has 0 bridgehead atoms. The number of fused-ring (bicyclic) bond motifs is 1. The molecule has 10 heteroatoms. The highest BCUT2D eigenvalue weighted by Crippen LogP contribution is 2.33. The number of aromatic nitrogens is 2. The minimum absolute atomic E-state index is 0.0230. The van der Waals surface area contributed by atoms with E-state index in [9.17, 15) is 31.1 Å². The number of hydrogen-bond donors (Lipinski definition) is 1. The van der Waals surface area contributed by atoms with Crippen LogP contribution in [0.5, 0.6) is 0 Å². The molecule has 0 amide bonds. The molecule has 168 valence electrons. The van der Waals surface area contributed by atoms with Crippen LogP contribution in [0.3, 0.4) is 0 Å². The standard InChI is InChI=1S/C22H17F6N3O/c23-21(24,25)15-7-5-13(6-8-15)19-29-18-9-10-31(12-16(18)20(32)30-19)11-14-3-1-2-4-17(14)22(26,27)28/h1-8H,9-12H2,(H,29,30,32). The van der Waals surface area contributed by atoms with Gasteiger partial charge in [-0.05, 0) is 23.8 Å². The Morgan fingerprint density at radius 2 is 1.62 bits per heavy atom. The van der Waals surface area contributed by atoms with Gasteiger partial charge in [-0.3, -0.25) is 9.69 Å². The lowest BCUT2D eigenvalue weighted by Crippen LogP contribution is -2.35. The molecule has 0 saturated carbocycles. The zero-order valence-electron chi connectivity index (χ0n) is 16.5. The van der Waals surface area contributed by atoms with Crippen LogP contribution in [0.1, 0.15) is 27.9 Å². The van der Waals surface area contributed by atoms with E-state index in [1.54, 1.807) is 4.90 Å². The van der Waals surface area contributed by atoms with Crippen molar-refractivity contribution in [3.63, 3.8) is 0 Å². The van der Waals surface area contributed by atoms with Crippen molar-refractivity contribution < 1.29 is 26.3 Å². The third kappa shape index (κ3) is 4.55. The Morgan fingerprint density at radius 1 is 0.938 bits per heavy atom. The summed E-state index contributed by atoms with van der Waals surface area (Å²) in [4.78, 5) is 21.3. The zero-order valence-corrected chi connectivity index (χ0v) is 16.5. The predicted molar refractivity (Wildman–Crippen MR) is 105 cm³/mol. The number of hydrogen-bond acceptors (Lipinski definition) is 3. The molecule has 0 spiro atoms. The van der Waals surface area contributed by atoms with Gasteiger partial charge in [0.1, 0.15) is 5.82 Å². The molecule has 0 radical (unpaired) electrons. The lowest BCUT2D eigenvalue weighted by molar-refractivity contribution is -0.139. The van der Waals surface area contributed by atoms with Crippen LogP contribution in [0.25, 0.3) is 11.4 Å². The number of halogens is 6.